The van der Waals surface area contributed by atoms with Crippen molar-refractivity contribution in [1.82, 2.24) is 4.98 Å². The van der Waals surface area contributed by atoms with Crippen LogP contribution in [0.4, 0.5) is 4.39 Å². The normalized spacial score (nSPS) is 11.8. The van der Waals surface area contributed by atoms with Crippen LogP contribution in [0.2, 0.25) is 5.02 Å². The summed E-state index contributed by atoms with van der Waals surface area (Å²) in [6, 6.07) is 6.54. The van der Waals surface area contributed by atoms with Crippen LogP contribution < -0.4 is 0 Å². The summed E-state index contributed by atoms with van der Waals surface area (Å²) in [5, 5.41) is 9.62. The first-order valence-corrected chi connectivity index (χ1v) is 5.11. The summed E-state index contributed by atoms with van der Waals surface area (Å²) in [4.78, 5) is 14.5. The quantitative estimate of drug-likeness (QED) is 0.834. The fourth-order valence-corrected chi connectivity index (χ4v) is 1.69. The molecule has 0 saturated heterocycles. The summed E-state index contributed by atoms with van der Waals surface area (Å²) >= 11 is 5.96. The maximum Gasteiger partial charge on any atom is 0.364 e. The Morgan fingerprint density at radius 2 is 2.18 bits per heavy atom. The van der Waals surface area contributed by atoms with Gasteiger partial charge in [0.2, 0.25) is 5.83 Å². The lowest BCUT2D eigenvalue weighted by Gasteiger charge is -2.03. The molecule has 17 heavy (non-hydrogen) atoms. The molecule has 3 nitrogen and oxygen atoms in total. The van der Waals surface area contributed by atoms with Gasteiger partial charge in [0.05, 0.1) is 10.5 Å². The van der Waals surface area contributed by atoms with Gasteiger partial charge >= 0.3 is 5.97 Å². The van der Waals surface area contributed by atoms with Crippen molar-refractivity contribution < 1.29 is 14.3 Å². The van der Waals surface area contributed by atoms with Crippen LogP contribution in [0.15, 0.2) is 36.3 Å². The van der Waals surface area contributed by atoms with Crippen LogP contribution in [-0.4, -0.2) is 16.1 Å². The summed E-state index contributed by atoms with van der Waals surface area (Å²) in [7, 11) is 0. The average molecular weight is 252 g/mol. The molecular formula is C12H7ClFNO2. The van der Waals surface area contributed by atoms with Crippen molar-refractivity contribution in [2.75, 3.05) is 0 Å². The largest absolute Gasteiger partial charge is 0.476 e. The summed E-state index contributed by atoms with van der Waals surface area (Å²) in [5.74, 6) is -2.84. The molecule has 0 fully saturated rings. The highest BCUT2D eigenvalue weighted by Gasteiger charge is 2.09. The van der Waals surface area contributed by atoms with Crippen molar-refractivity contribution in [3.05, 3.63) is 46.9 Å². The lowest BCUT2D eigenvalue weighted by Crippen LogP contribution is -1.94. The molecule has 1 N–H and O–H groups in total. The lowest BCUT2D eigenvalue weighted by atomic mass is 10.1. The molecule has 1 aromatic carbocycles. The topological polar surface area (TPSA) is 50.2 Å². The number of aliphatic carboxylic acids is 1. The van der Waals surface area contributed by atoms with Gasteiger partial charge in [0.25, 0.3) is 0 Å². The number of hydrogen-bond donors (Lipinski definition) is 1. The van der Waals surface area contributed by atoms with E-state index in [9.17, 15) is 9.18 Å². The number of nitrogens with zero attached hydrogens (tertiary/aromatic N) is 1. The second kappa shape index (κ2) is 4.51. The van der Waals surface area contributed by atoms with E-state index < -0.39 is 11.8 Å². The van der Waals surface area contributed by atoms with E-state index >= 15 is 0 Å². The van der Waals surface area contributed by atoms with Crippen molar-refractivity contribution in [3.8, 4) is 0 Å². The van der Waals surface area contributed by atoms with Crippen molar-refractivity contribution in [1.29, 1.82) is 0 Å². The van der Waals surface area contributed by atoms with E-state index in [1.54, 1.807) is 18.2 Å². The van der Waals surface area contributed by atoms with Crippen LogP contribution in [0.3, 0.4) is 0 Å². The number of aromatic nitrogens is 1. The van der Waals surface area contributed by atoms with Gasteiger partial charge in [0, 0.05) is 17.1 Å². The molecule has 0 amide bonds. The molecule has 0 saturated carbocycles. The van der Waals surface area contributed by atoms with Gasteiger partial charge in [-0.2, -0.15) is 4.39 Å². The number of benzene rings is 1. The van der Waals surface area contributed by atoms with E-state index in [-0.39, 0.29) is 0 Å². The highest BCUT2D eigenvalue weighted by molar-refractivity contribution is 6.35. The number of pyridine rings is 1. The molecule has 0 aliphatic rings. The number of halogens is 2. The molecule has 1 aromatic heterocycles. The third kappa shape index (κ3) is 2.26. The van der Waals surface area contributed by atoms with Gasteiger partial charge in [-0.15, -0.1) is 0 Å². The SMILES string of the molecule is O=C(O)/C(F)=C/c1ccc(Cl)c2cccnc12. The van der Waals surface area contributed by atoms with Gasteiger partial charge in [-0.1, -0.05) is 17.7 Å². The molecule has 0 unspecified atom stereocenters. The van der Waals surface area contributed by atoms with Gasteiger partial charge in [-0.05, 0) is 24.3 Å². The second-order valence-corrected chi connectivity index (χ2v) is 3.74. The molecule has 0 atom stereocenters. The minimum Gasteiger partial charge on any atom is -0.476 e. The Balaban J connectivity index is 2.68. The maximum atomic E-state index is 13.0. The monoisotopic (exact) mass is 251 g/mol. The summed E-state index contributed by atoms with van der Waals surface area (Å²) in [5.41, 5.74) is 0.848. The predicted molar refractivity (Wildman–Crippen MR) is 63.5 cm³/mol. The number of hydrogen-bond acceptors (Lipinski definition) is 2. The molecule has 0 bridgehead atoms. The van der Waals surface area contributed by atoms with Crippen molar-refractivity contribution in [2.24, 2.45) is 0 Å². The van der Waals surface area contributed by atoms with E-state index in [0.717, 1.165) is 6.08 Å². The Kier molecular flexibility index (Phi) is 3.06. The van der Waals surface area contributed by atoms with Crippen molar-refractivity contribution in [2.45, 2.75) is 0 Å². The molecule has 2 rings (SSSR count). The minimum atomic E-state index is -1.61. The molecule has 0 radical (unpaired) electrons. The van der Waals surface area contributed by atoms with E-state index in [4.69, 9.17) is 16.7 Å². The standard InChI is InChI=1S/C12H7ClFNO2/c13-9-4-3-7(6-10(14)12(16)17)11-8(9)2-1-5-15-11/h1-6H,(H,16,17)/b10-6-. The zero-order valence-corrected chi connectivity index (χ0v) is 9.28. The molecule has 2 aromatic rings. The molecular weight excluding hydrogens is 245 g/mol. The Hall–Kier alpha value is -1.94. The van der Waals surface area contributed by atoms with E-state index in [1.807, 2.05) is 0 Å². The third-order valence-electron chi connectivity index (χ3n) is 2.23. The molecule has 1 heterocycles. The Labute approximate surface area is 101 Å². The first-order chi connectivity index (χ1) is 8.09. The fourth-order valence-electron chi connectivity index (χ4n) is 1.47. The Morgan fingerprint density at radius 1 is 1.41 bits per heavy atom. The zero-order valence-electron chi connectivity index (χ0n) is 8.52. The minimum absolute atomic E-state index is 0.380. The number of rotatable bonds is 2. The van der Waals surface area contributed by atoms with Crippen LogP contribution >= 0.6 is 11.6 Å². The second-order valence-electron chi connectivity index (χ2n) is 3.33. The number of fused-ring (bicyclic) bond motifs is 1. The van der Waals surface area contributed by atoms with E-state index in [0.29, 0.717) is 21.5 Å². The van der Waals surface area contributed by atoms with Gasteiger partial charge in [0.15, 0.2) is 0 Å². The number of carboxylic acid groups (broad SMARTS) is 1. The predicted octanol–water partition coefficient (Wildman–Crippen LogP) is 3.28. The average Bonchev–Trinajstić information content (AvgIpc) is 2.33. The summed E-state index contributed by atoms with van der Waals surface area (Å²) < 4.78 is 13.0. The van der Waals surface area contributed by atoms with Crippen LogP contribution in [0, 0.1) is 0 Å². The molecule has 0 aliphatic heterocycles. The fraction of sp³-hybridized carbons (Fsp3) is 0. The Morgan fingerprint density at radius 3 is 2.88 bits per heavy atom. The van der Waals surface area contributed by atoms with Crippen molar-refractivity contribution in [3.63, 3.8) is 0 Å². The summed E-state index contributed by atoms with van der Waals surface area (Å²) in [6.45, 7) is 0. The van der Waals surface area contributed by atoms with Gasteiger partial charge in [0.1, 0.15) is 0 Å². The lowest BCUT2D eigenvalue weighted by molar-refractivity contribution is -0.134. The van der Waals surface area contributed by atoms with Crippen LogP contribution in [-0.2, 0) is 4.79 Å². The van der Waals surface area contributed by atoms with E-state index in [1.165, 1.54) is 12.3 Å². The smallest absolute Gasteiger partial charge is 0.364 e. The van der Waals surface area contributed by atoms with Gasteiger partial charge in [-0.3, -0.25) is 4.98 Å². The first-order valence-electron chi connectivity index (χ1n) is 4.73. The summed E-state index contributed by atoms with van der Waals surface area (Å²) in [6.07, 6.45) is 2.46. The highest BCUT2D eigenvalue weighted by Crippen LogP contribution is 2.26. The van der Waals surface area contributed by atoms with E-state index in [2.05, 4.69) is 4.98 Å². The van der Waals surface area contributed by atoms with Gasteiger partial charge < -0.3 is 5.11 Å². The molecule has 5 heteroatoms. The molecule has 0 aliphatic carbocycles. The molecule has 86 valence electrons. The van der Waals surface area contributed by atoms with Gasteiger partial charge in [-0.25, -0.2) is 4.79 Å². The van der Waals surface area contributed by atoms with Crippen molar-refractivity contribution >= 4 is 34.5 Å². The van der Waals surface area contributed by atoms with Crippen LogP contribution in [0.1, 0.15) is 5.56 Å². The Bertz CT molecular complexity index is 625. The number of carbonyl (C=O) groups is 1. The zero-order chi connectivity index (χ0) is 12.4. The van der Waals surface area contributed by atoms with Crippen LogP contribution in [0.5, 0.6) is 0 Å². The number of carboxylic acids is 1. The highest BCUT2D eigenvalue weighted by atomic mass is 35.5. The third-order valence-corrected chi connectivity index (χ3v) is 2.56. The maximum absolute atomic E-state index is 13.0. The first kappa shape index (κ1) is 11.5. The van der Waals surface area contributed by atoms with Crippen LogP contribution in [0.25, 0.3) is 17.0 Å². The molecule has 0 spiro atoms.